The summed E-state index contributed by atoms with van der Waals surface area (Å²) in [6.45, 7) is 2.67. The fourth-order valence-corrected chi connectivity index (χ4v) is 5.72. The van der Waals surface area contributed by atoms with Crippen molar-refractivity contribution in [2.45, 2.75) is 43.7 Å². The largest absolute Gasteiger partial charge is 0.392 e. The summed E-state index contributed by atoms with van der Waals surface area (Å²) < 4.78 is 15.0. The molecule has 3 N–H and O–H groups in total. The van der Waals surface area contributed by atoms with Crippen LogP contribution in [0.5, 0.6) is 0 Å². The van der Waals surface area contributed by atoms with E-state index in [2.05, 4.69) is 53.5 Å². The van der Waals surface area contributed by atoms with Gasteiger partial charge in [-0.2, -0.15) is 0 Å². The lowest BCUT2D eigenvalue weighted by molar-refractivity contribution is -0.268. The second-order valence-electron chi connectivity index (χ2n) is 9.34. The van der Waals surface area contributed by atoms with Crippen molar-refractivity contribution in [3.8, 4) is 11.1 Å². The molecular weight excluding hydrogens is 484 g/mol. The van der Waals surface area contributed by atoms with E-state index in [-0.39, 0.29) is 24.7 Å². The first-order valence-electron chi connectivity index (χ1n) is 12.4. The van der Waals surface area contributed by atoms with Crippen LogP contribution in [0, 0.1) is 5.92 Å². The molecule has 8 heteroatoms. The van der Waals surface area contributed by atoms with Crippen molar-refractivity contribution in [1.29, 1.82) is 0 Å². The maximum absolute atomic E-state index is 9.47. The molecule has 2 heterocycles. The fourth-order valence-electron chi connectivity index (χ4n) is 4.67. The molecule has 4 aromatic rings. The van der Waals surface area contributed by atoms with Gasteiger partial charge in [-0.15, -0.1) is 10.2 Å². The van der Waals surface area contributed by atoms with E-state index in [1.165, 1.54) is 0 Å². The average molecular weight is 517 g/mol. The third kappa shape index (κ3) is 5.63. The molecule has 1 saturated heterocycles. The van der Waals surface area contributed by atoms with Gasteiger partial charge in [0.1, 0.15) is 6.33 Å². The number of rotatable bonds is 8. The molecular formula is C29H32N4O3S. The van der Waals surface area contributed by atoms with Crippen LogP contribution in [0.2, 0.25) is 0 Å². The molecule has 5 rings (SSSR count). The number of benzene rings is 3. The van der Waals surface area contributed by atoms with E-state index in [1.807, 2.05) is 48.0 Å². The molecule has 0 spiro atoms. The Balaban J connectivity index is 1.41. The molecule has 0 radical (unpaired) electrons. The van der Waals surface area contributed by atoms with E-state index in [4.69, 9.17) is 15.2 Å². The van der Waals surface area contributed by atoms with Crippen molar-refractivity contribution in [3.05, 3.63) is 101 Å². The second-order valence-corrected chi connectivity index (χ2v) is 10.3. The molecule has 0 unspecified atom stereocenters. The number of thioether (sulfide) groups is 1. The fraction of sp³-hybridized carbons (Fsp3) is 0.310. The predicted octanol–water partition coefficient (Wildman–Crippen LogP) is 5.02. The molecule has 7 nitrogen and oxygen atoms in total. The van der Waals surface area contributed by atoms with Crippen molar-refractivity contribution in [1.82, 2.24) is 14.8 Å². The summed E-state index contributed by atoms with van der Waals surface area (Å²) >= 11 is 1.63. The van der Waals surface area contributed by atoms with Gasteiger partial charge in [0.05, 0.1) is 18.8 Å². The van der Waals surface area contributed by atoms with E-state index in [9.17, 15) is 5.11 Å². The lowest BCUT2D eigenvalue weighted by atomic mass is 9.91. The minimum Gasteiger partial charge on any atom is -0.392 e. The van der Waals surface area contributed by atoms with Gasteiger partial charge in [0.15, 0.2) is 11.4 Å². The van der Waals surface area contributed by atoms with Gasteiger partial charge >= 0.3 is 0 Å². The highest BCUT2D eigenvalue weighted by atomic mass is 32.2. The first kappa shape index (κ1) is 25.6. The van der Waals surface area contributed by atoms with Gasteiger partial charge in [0.25, 0.3) is 0 Å². The van der Waals surface area contributed by atoms with Crippen LogP contribution in [0.1, 0.15) is 41.6 Å². The topological polar surface area (TPSA) is 95.4 Å². The number of nitrogens with zero attached hydrogens (tertiary/aromatic N) is 3. The number of ether oxygens (including phenoxy) is 2. The predicted molar refractivity (Wildman–Crippen MR) is 144 cm³/mol. The lowest BCUT2D eigenvalue weighted by Crippen LogP contribution is -2.38. The van der Waals surface area contributed by atoms with E-state index in [0.717, 1.165) is 44.3 Å². The van der Waals surface area contributed by atoms with Crippen molar-refractivity contribution in [2.24, 2.45) is 18.7 Å². The van der Waals surface area contributed by atoms with E-state index < -0.39 is 6.29 Å². The van der Waals surface area contributed by atoms with Crippen LogP contribution in [0.25, 0.3) is 11.1 Å². The van der Waals surface area contributed by atoms with Gasteiger partial charge in [-0.1, -0.05) is 91.5 Å². The Morgan fingerprint density at radius 2 is 1.70 bits per heavy atom. The van der Waals surface area contributed by atoms with E-state index >= 15 is 0 Å². The highest BCUT2D eigenvalue weighted by Gasteiger charge is 2.38. The SMILES string of the molecule is C[C@H]1[C@@H](CSc2nncn2C)O[C@@H](c2ccc(-c3ccccc3CN)cc2)O[C@H]1c1ccc(CO)cc1. The standard InChI is InChI=1S/C29H32N4O3S/c1-19-26(17-37-29-32-31-18-33(29)2)35-28(36-27(19)22-9-7-20(16-34)8-10-22)23-13-11-21(12-14-23)25-6-4-3-5-24(25)15-30/h3-14,18-19,26-28,34H,15-17,30H2,1-2H3/t19-,26+,27+,28+/m0/s1. The van der Waals surface area contributed by atoms with E-state index in [1.54, 1.807) is 18.1 Å². The van der Waals surface area contributed by atoms with Crippen molar-refractivity contribution >= 4 is 11.8 Å². The van der Waals surface area contributed by atoms with Crippen LogP contribution in [-0.2, 0) is 29.7 Å². The summed E-state index contributed by atoms with van der Waals surface area (Å²) in [5.74, 6) is 0.827. The molecule has 1 aliphatic rings. The highest BCUT2D eigenvalue weighted by Crippen LogP contribution is 2.43. The molecule has 1 fully saturated rings. The summed E-state index contributed by atoms with van der Waals surface area (Å²) in [6.07, 6.45) is 0.965. The molecule has 0 aliphatic carbocycles. The normalized spacial score (nSPS) is 21.7. The number of nitrogens with two attached hydrogens (primary N) is 1. The van der Waals surface area contributed by atoms with E-state index in [0.29, 0.717) is 6.54 Å². The maximum atomic E-state index is 9.47. The quantitative estimate of drug-likeness (QED) is 0.318. The molecule has 37 heavy (non-hydrogen) atoms. The molecule has 192 valence electrons. The summed E-state index contributed by atoms with van der Waals surface area (Å²) in [5, 5.41) is 18.5. The molecule has 0 bridgehead atoms. The number of aliphatic hydroxyl groups excluding tert-OH is 1. The Labute approximate surface area is 221 Å². The minimum absolute atomic E-state index is 0.0176. The zero-order valence-electron chi connectivity index (χ0n) is 21.0. The third-order valence-electron chi connectivity index (χ3n) is 6.90. The smallest absolute Gasteiger partial charge is 0.190 e. The van der Waals surface area contributed by atoms with Crippen LogP contribution in [0.4, 0.5) is 0 Å². The Kier molecular flexibility index (Phi) is 8.02. The molecule has 1 aliphatic heterocycles. The first-order valence-corrected chi connectivity index (χ1v) is 13.4. The number of aryl methyl sites for hydroxylation is 1. The molecule has 4 atom stereocenters. The van der Waals surface area contributed by atoms with Gasteiger partial charge in [-0.3, -0.25) is 0 Å². The number of aliphatic hydroxyl groups is 1. The van der Waals surface area contributed by atoms with Gasteiger partial charge in [0, 0.05) is 30.8 Å². The Morgan fingerprint density at radius 1 is 0.973 bits per heavy atom. The van der Waals surface area contributed by atoms with Gasteiger partial charge in [0.2, 0.25) is 0 Å². The van der Waals surface area contributed by atoms with Gasteiger partial charge in [-0.05, 0) is 27.8 Å². The minimum atomic E-state index is -0.511. The van der Waals surface area contributed by atoms with Crippen molar-refractivity contribution < 1.29 is 14.6 Å². The molecule has 0 saturated carbocycles. The van der Waals surface area contributed by atoms with Crippen LogP contribution in [-0.4, -0.2) is 31.7 Å². The third-order valence-corrected chi connectivity index (χ3v) is 8.02. The van der Waals surface area contributed by atoms with Crippen molar-refractivity contribution in [2.75, 3.05) is 5.75 Å². The molecule has 3 aromatic carbocycles. The van der Waals surface area contributed by atoms with Crippen LogP contribution in [0.3, 0.4) is 0 Å². The first-order chi connectivity index (χ1) is 18.1. The van der Waals surface area contributed by atoms with Gasteiger partial charge < -0.3 is 24.9 Å². The van der Waals surface area contributed by atoms with Crippen LogP contribution in [0.15, 0.2) is 84.3 Å². The monoisotopic (exact) mass is 516 g/mol. The van der Waals surface area contributed by atoms with Crippen LogP contribution < -0.4 is 5.73 Å². The second kappa shape index (κ2) is 11.6. The Bertz CT molecular complexity index is 1310. The number of hydrogen-bond acceptors (Lipinski definition) is 7. The lowest BCUT2D eigenvalue weighted by Gasteiger charge is -2.41. The number of aromatic nitrogens is 3. The van der Waals surface area contributed by atoms with Crippen LogP contribution >= 0.6 is 11.8 Å². The van der Waals surface area contributed by atoms with Crippen molar-refractivity contribution in [3.63, 3.8) is 0 Å². The summed E-state index contributed by atoms with van der Waals surface area (Å²) in [5.41, 5.74) is 12.2. The summed E-state index contributed by atoms with van der Waals surface area (Å²) in [4.78, 5) is 0. The Hall–Kier alpha value is -3.01. The Morgan fingerprint density at radius 3 is 2.38 bits per heavy atom. The zero-order valence-corrected chi connectivity index (χ0v) is 21.8. The number of hydrogen-bond donors (Lipinski definition) is 2. The van der Waals surface area contributed by atoms with Gasteiger partial charge in [-0.25, -0.2) is 0 Å². The molecule has 0 amide bonds. The average Bonchev–Trinajstić information content (AvgIpc) is 3.37. The maximum Gasteiger partial charge on any atom is 0.190 e. The molecule has 1 aromatic heterocycles. The summed E-state index contributed by atoms with van der Waals surface area (Å²) in [6, 6.07) is 24.5. The summed E-state index contributed by atoms with van der Waals surface area (Å²) in [7, 11) is 1.94. The highest BCUT2D eigenvalue weighted by molar-refractivity contribution is 7.99. The zero-order chi connectivity index (χ0) is 25.8.